The molecular formula is C19H25N7O2. The van der Waals surface area contributed by atoms with E-state index in [1.54, 1.807) is 24.0 Å². The Kier molecular flexibility index (Phi) is 4.11. The molecule has 28 heavy (non-hydrogen) atoms. The molecule has 0 radical (unpaired) electrons. The Hall–Kier alpha value is -2.49. The van der Waals surface area contributed by atoms with E-state index in [1.807, 2.05) is 12.1 Å². The standard InChI is InChI=1S/C19H25N7O2/c1-25-17(27)14-15(12-2-6-21-7-3-12)23-24-16(14)22-18(25)26-8-4-19(5-9-26)11-28-10-13(19)20/h2-3,6-7,13,15,23-24H,4-5,8-11,20H2,1H3/t13-,15?/m1/s1. The number of nitrogens with two attached hydrogens (primary N) is 1. The molecule has 2 fully saturated rings. The molecule has 9 heteroatoms. The average Bonchev–Trinajstić information content (AvgIpc) is 3.30. The van der Waals surface area contributed by atoms with Crippen molar-refractivity contribution in [3.63, 3.8) is 0 Å². The number of hydrazine groups is 1. The average molecular weight is 383 g/mol. The summed E-state index contributed by atoms with van der Waals surface area (Å²) in [7, 11) is 1.79. The number of anilines is 2. The van der Waals surface area contributed by atoms with E-state index in [-0.39, 0.29) is 23.1 Å². The minimum Gasteiger partial charge on any atom is -0.379 e. The quantitative estimate of drug-likeness (QED) is 0.672. The van der Waals surface area contributed by atoms with Crippen LogP contribution in [0.2, 0.25) is 0 Å². The summed E-state index contributed by atoms with van der Waals surface area (Å²) in [6.45, 7) is 3.01. The fourth-order valence-corrected chi connectivity index (χ4v) is 4.61. The van der Waals surface area contributed by atoms with Gasteiger partial charge < -0.3 is 20.8 Å². The van der Waals surface area contributed by atoms with Crippen LogP contribution in [0, 0.1) is 5.41 Å². The molecule has 0 saturated carbocycles. The molecule has 148 valence electrons. The summed E-state index contributed by atoms with van der Waals surface area (Å²) in [5.41, 5.74) is 14.2. The van der Waals surface area contributed by atoms with E-state index in [0.717, 1.165) is 38.1 Å². The van der Waals surface area contributed by atoms with Gasteiger partial charge in [0.25, 0.3) is 5.56 Å². The van der Waals surface area contributed by atoms with Gasteiger partial charge in [0.1, 0.15) is 0 Å². The van der Waals surface area contributed by atoms with Crippen LogP contribution < -0.4 is 27.0 Å². The number of rotatable bonds is 2. The molecule has 9 nitrogen and oxygen atoms in total. The highest BCUT2D eigenvalue weighted by Gasteiger charge is 2.44. The van der Waals surface area contributed by atoms with Crippen LogP contribution in [-0.4, -0.2) is 46.9 Å². The molecule has 5 heterocycles. The van der Waals surface area contributed by atoms with Crippen molar-refractivity contribution in [3.05, 3.63) is 46.0 Å². The van der Waals surface area contributed by atoms with Gasteiger partial charge in [-0.15, -0.1) is 0 Å². The predicted molar refractivity (Wildman–Crippen MR) is 105 cm³/mol. The fourth-order valence-electron chi connectivity index (χ4n) is 4.61. The van der Waals surface area contributed by atoms with E-state index in [4.69, 9.17) is 15.5 Å². The minimum absolute atomic E-state index is 0.0412. The summed E-state index contributed by atoms with van der Waals surface area (Å²) >= 11 is 0. The number of hydrogen-bond donors (Lipinski definition) is 3. The molecule has 4 N–H and O–H groups in total. The van der Waals surface area contributed by atoms with Gasteiger partial charge >= 0.3 is 0 Å². The molecule has 5 rings (SSSR count). The molecule has 1 spiro atoms. The SMILES string of the molecule is Cn1c(N2CCC3(CC2)COC[C@H]3N)nc2c(c1=O)C(c1ccncc1)NN2. The van der Waals surface area contributed by atoms with Crippen LogP contribution in [-0.2, 0) is 11.8 Å². The zero-order valence-electron chi connectivity index (χ0n) is 15.9. The third-order valence-corrected chi connectivity index (χ3v) is 6.48. The number of aromatic nitrogens is 3. The van der Waals surface area contributed by atoms with Gasteiger partial charge in [-0.05, 0) is 30.5 Å². The molecule has 2 atom stereocenters. The largest absolute Gasteiger partial charge is 0.379 e. The monoisotopic (exact) mass is 383 g/mol. The third-order valence-electron chi connectivity index (χ3n) is 6.48. The number of ether oxygens (including phenoxy) is 1. The van der Waals surface area contributed by atoms with Gasteiger partial charge in [0.15, 0.2) is 5.82 Å². The first-order chi connectivity index (χ1) is 13.6. The Morgan fingerprint density at radius 2 is 2.04 bits per heavy atom. The van der Waals surface area contributed by atoms with Crippen molar-refractivity contribution in [3.8, 4) is 0 Å². The third kappa shape index (κ3) is 2.61. The second kappa shape index (κ2) is 6.54. The molecule has 0 bridgehead atoms. The zero-order chi connectivity index (χ0) is 19.3. The van der Waals surface area contributed by atoms with Gasteiger partial charge in [-0.2, -0.15) is 4.98 Å². The number of hydrogen-bond acceptors (Lipinski definition) is 8. The fraction of sp³-hybridized carbons (Fsp3) is 0.526. The van der Waals surface area contributed by atoms with Crippen LogP contribution in [0.5, 0.6) is 0 Å². The number of piperidine rings is 1. The van der Waals surface area contributed by atoms with Crippen molar-refractivity contribution in [2.45, 2.75) is 24.9 Å². The van der Waals surface area contributed by atoms with E-state index < -0.39 is 0 Å². The molecular weight excluding hydrogens is 358 g/mol. The van der Waals surface area contributed by atoms with Crippen LogP contribution >= 0.6 is 0 Å². The van der Waals surface area contributed by atoms with E-state index in [2.05, 4.69) is 20.7 Å². The summed E-state index contributed by atoms with van der Waals surface area (Å²) in [6, 6.07) is 3.66. The van der Waals surface area contributed by atoms with Gasteiger partial charge in [-0.3, -0.25) is 14.3 Å². The second-order valence-electron chi connectivity index (χ2n) is 7.99. The highest BCUT2D eigenvalue weighted by Crippen LogP contribution is 2.39. The smallest absolute Gasteiger partial charge is 0.262 e. The van der Waals surface area contributed by atoms with Crippen LogP contribution in [0.15, 0.2) is 29.3 Å². The summed E-state index contributed by atoms with van der Waals surface area (Å²) in [6.07, 6.45) is 5.35. The highest BCUT2D eigenvalue weighted by molar-refractivity contribution is 5.56. The maximum Gasteiger partial charge on any atom is 0.262 e. The number of nitrogens with zero attached hydrogens (tertiary/aromatic N) is 4. The molecule has 3 aliphatic rings. The second-order valence-corrected chi connectivity index (χ2v) is 7.99. The van der Waals surface area contributed by atoms with Crippen LogP contribution in [0.25, 0.3) is 0 Å². The summed E-state index contributed by atoms with van der Waals surface area (Å²) in [5, 5.41) is 0. The lowest BCUT2D eigenvalue weighted by molar-refractivity contribution is 0.131. The lowest BCUT2D eigenvalue weighted by atomic mass is 9.75. The molecule has 2 saturated heterocycles. The first-order valence-corrected chi connectivity index (χ1v) is 9.70. The Balaban J connectivity index is 1.44. The predicted octanol–water partition coefficient (Wildman–Crippen LogP) is 0.139. The molecule has 2 aromatic rings. The van der Waals surface area contributed by atoms with E-state index in [0.29, 0.717) is 23.9 Å². The lowest BCUT2D eigenvalue weighted by Gasteiger charge is -2.41. The van der Waals surface area contributed by atoms with Gasteiger partial charge in [0.05, 0.1) is 24.8 Å². The molecule has 0 aliphatic carbocycles. The van der Waals surface area contributed by atoms with E-state index in [1.165, 1.54) is 0 Å². The molecule has 3 aliphatic heterocycles. The number of pyridine rings is 1. The van der Waals surface area contributed by atoms with Crippen molar-refractivity contribution in [1.82, 2.24) is 20.0 Å². The Bertz CT molecular complexity index is 937. The lowest BCUT2D eigenvalue weighted by Crippen LogP contribution is -2.50. The van der Waals surface area contributed by atoms with Crippen molar-refractivity contribution < 1.29 is 4.74 Å². The maximum atomic E-state index is 13.2. The van der Waals surface area contributed by atoms with Gasteiger partial charge in [0.2, 0.25) is 5.95 Å². The van der Waals surface area contributed by atoms with Gasteiger partial charge in [-0.25, -0.2) is 5.43 Å². The van der Waals surface area contributed by atoms with Crippen LogP contribution in [0.4, 0.5) is 11.8 Å². The summed E-state index contributed by atoms with van der Waals surface area (Å²) in [5.74, 6) is 1.29. The summed E-state index contributed by atoms with van der Waals surface area (Å²) < 4.78 is 7.27. The Morgan fingerprint density at radius 1 is 1.29 bits per heavy atom. The highest BCUT2D eigenvalue weighted by atomic mass is 16.5. The van der Waals surface area contributed by atoms with E-state index in [9.17, 15) is 4.79 Å². The normalized spacial score (nSPS) is 25.7. The topological polar surface area (TPSA) is 110 Å². The van der Waals surface area contributed by atoms with Crippen molar-refractivity contribution in [2.24, 2.45) is 18.2 Å². The molecule has 0 aromatic carbocycles. The number of nitrogens with one attached hydrogen (secondary N) is 2. The van der Waals surface area contributed by atoms with Gasteiger partial charge in [-0.1, -0.05) is 0 Å². The first-order valence-electron chi connectivity index (χ1n) is 9.70. The maximum absolute atomic E-state index is 13.2. The Labute approximate surface area is 162 Å². The van der Waals surface area contributed by atoms with Crippen molar-refractivity contribution >= 4 is 11.8 Å². The molecule has 1 unspecified atom stereocenters. The minimum atomic E-state index is -0.239. The Morgan fingerprint density at radius 3 is 2.71 bits per heavy atom. The zero-order valence-corrected chi connectivity index (χ0v) is 15.9. The molecule has 2 aromatic heterocycles. The summed E-state index contributed by atoms with van der Waals surface area (Å²) in [4.78, 5) is 24.2. The van der Waals surface area contributed by atoms with Crippen molar-refractivity contribution in [1.29, 1.82) is 0 Å². The molecule has 0 amide bonds. The first kappa shape index (κ1) is 17.6. The number of fused-ring (bicyclic) bond motifs is 1. The van der Waals surface area contributed by atoms with Gasteiger partial charge in [0, 0.05) is 44.0 Å². The van der Waals surface area contributed by atoms with Crippen LogP contribution in [0.1, 0.15) is 30.0 Å². The van der Waals surface area contributed by atoms with E-state index >= 15 is 0 Å². The van der Waals surface area contributed by atoms with Crippen molar-refractivity contribution in [2.75, 3.05) is 36.6 Å². The van der Waals surface area contributed by atoms with Crippen LogP contribution in [0.3, 0.4) is 0 Å².